The van der Waals surface area contributed by atoms with Crippen molar-refractivity contribution in [2.75, 3.05) is 12.4 Å². The molecule has 0 saturated carbocycles. The number of aromatic nitrogens is 3. The molecule has 0 fully saturated rings. The van der Waals surface area contributed by atoms with E-state index in [0.717, 1.165) is 54.6 Å². The van der Waals surface area contributed by atoms with Gasteiger partial charge in [0.25, 0.3) is 0 Å². The number of fused-ring (bicyclic) bond motifs is 1. The van der Waals surface area contributed by atoms with E-state index < -0.39 is 0 Å². The average Bonchev–Trinajstić information content (AvgIpc) is 3.22. The first-order valence-electron chi connectivity index (χ1n) is 9.63. The zero-order chi connectivity index (χ0) is 19.3. The van der Waals surface area contributed by atoms with Crippen molar-refractivity contribution in [1.82, 2.24) is 20.3 Å². The lowest BCUT2D eigenvalue weighted by Gasteiger charge is -2.17. The smallest absolute Gasteiger partial charge is 0.163 e. The summed E-state index contributed by atoms with van der Waals surface area (Å²) >= 11 is 0. The molecule has 3 aromatic rings. The molecule has 0 bridgehead atoms. The average molecular weight is 375 g/mol. The van der Waals surface area contributed by atoms with Crippen molar-refractivity contribution in [2.24, 2.45) is 0 Å². The molecular weight excluding hydrogens is 350 g/mol. The lowest BCUT2D eigenvalue weighted by molar-refractivity contribution is 0.414. The number of nitrogens with zero attached hydrogens (tertiary/aromatic N) is 3. The molecule has 1 aliphatic heterocycles. The molecule has 1 aromatic carbocycles. The Balaban J connectivity index is 1.48. The maximum atomic E-state index is 5.23. The predicted molar refractivity (Wildman–Crippen MR) is 110 cm³/mol. The Hall–Kier alpha value is -2.99. The lowest BCUT2D eigenvalue weighted by atomic mass is 10.1. The summed E-state index contributed by atoms with van der Waals surface area (Å²) in [7, 11) is 1.69. The van der Waals surface area contributed by atoms with Gasteiger partial charge in [-0.25, -0.2) is 9.97 Å². The minimum Gasteiger partial charge on any atom is -0.497 e. The fourth-order valence-electron chi connectivity index (χ4n) is 3.39. The molecule has 1 aliphatic rings. The summed E-state index contributed by atoms with van der Waals surface area (Å²) in [6, 6.07) is 12.5. The van der Waals surface area contributed by atoms with Gasteiger partial charge in [-0.15, -0.1) is 0 Å². The third kappa shape index (κ3) is 4.12. The third-order valence-corrected chi connectivity index (χ3v) is 5.01. The second-order valence-corrected chi connectivity index (χ2v) is 7.10. The van der Waals surface area contributed by atoms with Crippen LogP contribution in [-0.2, 0) is 19.5 Å². The first-order valence-corrected chi connectivity index (χ1v) is 9.63. The van der Waals surface area contributed by atoms with Gasteiger partial charge >= 0.3 is 0 Å². The highest BCUT2D eigenvalue weighted by molar-refractivity contribution is 5.59. The molecule has 2 aromatic heterocycles. The number of ether oxygens (including phenoxy) is 1. The van der Waals surface area contributed by atoms with Crippen molar-refractivity contribution >= 4 is 5.82 Å². The summed E-state index contributed by atoms with van der Waals surface area (Å²) in [5.41, 5.74) is 4.48. The van der Waals surface area contributed by atoms with E-state index in [9.17, 15) is 0 Å². The van der Waals surface area contributed by atoms with Gasteiger partial charge in [-0.2, -0.15) is 0 Å². The van der Waals surface area contributed by atoms with Crippen molar-refractivity contribution in [1.29, 1.82) is 0 Å². The monoisotopic (exact) mass is 375 g/mol. The van der Waals surface area contributed by atoms with Crippen LogP contribution in [0.2, 0.25) is 0 Å². The fourth-order valence-corrected chi connectivity index (χ4v) is 3.39. The summed E-state index contributed by atoms with van der Waals surface area (Å²) in [5.74, 6) is 2.54. The zero-order valence-corrected chi connectivity index (χ0v) is 16.3. The first-order chi connectivity index (χ1) is 13.7. The Labute approximate surface area is 165 Å². The number of benzene rings is 1. The van der Waals surface area contributed by atoms with E-state index in [1.54, 1.807) is 19.5 Å². The topological polar surface area (TPSA) is 72.0 Å². The van der Waals surface area contributed by atoms with Gasteiger partial charge in [-0.05, 0) is 49.6 Å². The maximum absolute atomic E-state index is 5.23. The van der Waals surface area contributed by atoms with Crippen molar-refractivity contribution in [3.8, 4) is 17.1 Å². The normalized spacial score (nSPS) is 13.8. The van der Waals surface area contributed by atoms with E-state index in [1.807, 2.05) is 24.3 Å². The first kappa shape index (κ1) is 18.4. The van der Waals surface area contributed by atoms with E-state index in [2.05, 4.69) is 34.7 Å². The van der Waals surface area contributed by atoms with E-state index in [1.165, 1.54) is 11.1 Å². The van der Waals surface area contributed by atoms with Crippen LogP contribution in [0.25, 0.3) is 11.4 Å². The summed E-state index contributed by atoms with van der Waals surface area (Å²) in [6.07, 6.45) is 5.58. The van der Waals surface area contributed by atoms with Gasteiger partial charge in [-0.1, -0.05) is 12.1 Å². The van der Waals surface area contributed by atoms with Gasteiger partial charge in [-0.3, -0.25) is 4.98 Å². The molecule has 3 heterocycles. The minimum atomic E-state index is 0.295. The third-order valence-electron chi connectivity index (χ3n) is 5.01. The summed E-state index contributed by atoms with van der Waals surface area (Å²) in [4.78, 5) is 13.7. The molecule has 0 spiro atoms. The number of nitrogens with one attached hydrogen (secondary N) is 2. The molecule has 1 atom stereocenters. The van der Waals surface area contributed by atoms with Gasteiger partial charge in [0.05, 0.1) is 12.8 Å². The molecule has 2 N–H and O–H groups in total. The van der Waals surface area contributed by atoms with E-state index in [0.29, 0.717) is 6.04 Å². The van der Waals surface area contributed by atoms with Crippen molar-refractivity contribution in [3.05, 3.63) is 65.6 Å². The number of hydrogen-bond donors (Lipinski definition) is 2. The van der Waals surface area contributed by atoms with E-state index in [4.69, 9.17) is 14.7 Å². The van der Waals surface area contributed by atoms with Crippen LogP contribution in [0.5, 0.6) is 5.75 Å². The Morgan fingerprint density at radius 3 is 2.75 bits per heavy atom. The quantitative estimate of drug-likeness (QED) is 0.658. The highest BCUT2D eigenvalue weighted by Crippen LogP contribution is 2.26. The molecular formula is C22H25N5O. The standard InChI is InChI=1S/C22H25N5O/c1-15(5-6-16-7-9-18(28-2)10-8-16)25-22-19-13-24-14-20(19)26-21(27-22)17-4-3-11-23-12-17/h3-4,7-12,15,24H,5-6,13-14H2,1-2H3,(H,25,26,27)/t15-/m0/s1. The van der Waals surface area contributed by atoms with Crippen LogP contribution in [0.1, 0.15) is 30.2 Å². The number of pyridine rings is 1. The zero-order valence-electron chi connectivity index (χ0n) is 16.3. The highest BCUT2D eigenvalue weighted by atomic mass is 16.5. The van der Waals surface area contributed by atoms with Crippen molar-refractivity contribution in [3.63, 3.8) is 0 Å². The van der Waals surface area contributed by atoms with Crippen LogP contribution >= 0.6 is 0 Å². The maximum Gasteiger partial charge on any atom is 0.163 e. The number of aryl methyl sites for hydroxylation is 1. The second-order valence-electron chi connectivity index (χ2n) is 7.10. The summed E-state index contributed by atoms with van der Waals surface area (Å²) in [5, 5.41) is 6.99. The predicted octanol–water partition coefficient (Wildman–Crippen LogP) is 3.58. The second kappa shape index (κ2) is 8.35. The molecule has 6 heteroatoms. The molecule has 0 amide bonds. The van der Waals surface area contributed by atoms with Crippen LogP contribution in [0.4, 0.5) is 5.82 Å². The molecule has 0 aliphatic carbocycles. The SMILES string of the molecule is COc1ccc(CC[C@H](C)Nc2nc(-c3cccnc3)nc3c2CNC3)cc1. The highest BCUT2D eigenvalue weighted by Gasteiger charge is 2.20. The van der Waals surface area contributed by atoms with Crippen LogP contribution < -0.4 is 15.4 Å². The van der Waals surface area contributed by atoms with Crippen molar-refractivity contribution in [2.45, 2.75) is 38.9 Å². The number of hydrogen-bond acceptors (Lipinski definition) is 6. The van der Waals surface area contributed by atoms with E-state index in [-0.39, 0.29) is 0 Å². The van der Waals surface area contributed by atoms with Gasteiger partial charge < -0.3 is 15.4 Å². The Morgan fingerprint density at radius 2 is 2.00 bits per heavy atom. The fraction of sp³-hybridized carbons (Fsp3) is 0.318. The molecule has 144 valence electrons. The minimum absolute atomic E-state index is 0.295. The molecule has 0 radical (unpaired) electrons. The van der Waals surface area contributed by atoms with E-state index >= 15 is 0 Å². The Bertz CT molecular complexity index is 928. The largest absolute Gasteiger partial charge is 0.497 e. The number of anilines is 1. The van der Waals surface area contributed by atoms with Gasteiger partial charge in [0.2, 0.25) is 0 Å². The molecule has 0 saturated heterocycles. The molecule has 4 rings (SSSR count). The molecule has 0 unspecified atom stereocenters. The summed E-state index contributed by atoms with van der Waals surface area (Å²) in [6.45, 7) is 3.78. The molecule has 28 heavy (non-hydrogen) atoms. The molecule has 6 nitrogen and oxygen atoms in total. The van der Waals surface area contributed by atoms with Gasteiger partial charge in [0.15, 0.2) is 5.82 Å². The lowest BCUT2D eigenvalue weighted by Crippen LogP contribution is -2.19. The van der Waals surface area contributed by atoms with Gasteiger partial charge in [0, 0.05) is 42.7 Å². The Kier molecular flexibility index (Phi) is 5.48. The summed E-state index contributed by atoms with van der Waals surface area (Å²) < 4.78 is 5.23. The van der Waals surface area contributed by atoms with Gasteiger partial charge in [0.1, 0.15) is 11.6 Å². The Morgan fingerprint density at radius 1 is 1.14 bits per heavy atom. The number of methoxy groups -OCH3 is 1. The van der Waals surface area contributed by atoms with Crippen LogP contribution in [-0.4, -0.2) is 28.1 Å². The van der Waals surface area contributed by atoms with Crippen molar-refractivity contribution < 1.29 is 4.74 Å². The number of rotatable bonds is 7. The van der Waals surface area contributed by atoms with Crippen LogP contribution in [0.3, 0.4) is 0 Å². The van der Waals surface area contributed by atoms with Crippen LogP contribution in [0, 0.1) is 0 Å². The van der Waals surface area contributed by atoms with Crippen LogP contribution in [0.15, 0.2) is 48.8 Å².